The topological polar surface area (TPSA) is 13.1 Å². The maximum atomic E-state index is 6.80. The van der Waals surface area contributed by atoms with Crippen LogP contribution in [0.1, 0.15) is 0 Å². The Labute approximate surface area is 234 Å². The molecular weight excluding hydrogens is 504 g/mol. The molecule has 0 fully saturated rings. The minimum atomic E-state index is 0.915. The van der Waals surface area contributed by atoms with Gasteiger partial charge < -0.3 is 4.42 Å². The normalized spacial score (nSPS) is 12.0. The van der Waals surface area contributed by atoms with Crippen molar-refractivity contribution in [3.63, 3.8) is 0 Å². The molecular formula is C38H22OS. The van der Waals surface area contributed by atoms with Crippen molar-refractivity contribution in [1.29, 1.82) is 0 Å². The highest BCUT2D eigenvalue weighted by Crippen LogP contribution is 2.49. The first kappa shape index (κ1) is 22.0. The van der Waals surface area contributed by atoms with E-state index in [1.54, 1.807) is 0 Å². The fourth-order valence-electron chi connectivity index (χ4n) is 6.54. The van der Waals surface area contributed by atoms with E-state index >= 15 is 0 Å². The van der Waals surface area contributed by atoms with Crippen molar-refractivity contribution >= 4 is 75.0 Å². The Hall–Kier alpha value is -4.92. The number of furan rings is 1. The van der Waals surface area contributed by atoms with Gasteiger partial charge in [0.05, 0.1) is 0 Å². The average molecular weight is 527 g/mol. The molecule has 9 aromatic rings. The van der Waals surface area contributed by atoms with E-state index in [0.717, 1.165) is 22.1 Å². The number of benzene rings is 7. The Morgan fingerprint density at radius 2 is 1.10 bits per heavy atom. The van der Waals surface area contributed by atoms with Gasteiger partial charge in [0.15, 0.2) is 0 Å². The van der Waals surface area contributed by atoms with E-state index in [1.807, 2.05) is 11.3 Å². The summed E-state index contributed by atoms with van der Waals surface area (Å²) < 4.78 is 9.43. The highest BCUT2D eigenvalue weighted by atomic mass is 32.1. The highest BCUT2D eigenvalue weighted by molar-refractivity contribution is 7.25. The lowest BCUT2D eigenvalue weighted by atomic mass is 9.86. The fraction of sp³-hybridized carbons (Fsp3) is 0. The SMILES string of the molecule is c1ccc2c(-c3c4ccccc4c(-c4ccc5c(c4)sc4ccccc45)c4c3oc3ccccc34)cccc2c1. The van der Waals surface area contributed by atoms with Crippen molar-refractivity contribution in [1.82, 2.24) is 0 Å². The van der Waals surface area contributed by atoms with E-state index < -0.39 is 0 Å². The van der Waals surface area contributed by atoms with Gasteiger partial charge in [-0.1, -0.05) is 115 Å². The molecule has 0 spiro atoms. The zero-order valence-electron chi connectivity index (χ0n) is 21.5. The van der Waals surface area contributed by atoms with Crippen molar-refractivity contribution in [3.05, 3.63) is 133 Å². The highest BCUT2D eigenvalue weighted by Gasteiger charge is 2.23. The third-order valence-electron chi connectivity index (χ3n) is 8.26. The molecule has 7 aromatic carbocycles. The number of para-hydroxylation sites is 1. The standard InChI is InChI=1S/C38H22OS/c1-2-12-25-23(10-1)11-9-17-28(25)36-30-15-4-3-14-29(30)35(37-31-16-5-7-18-32(31)39-38(36)37)24-20-21-27-26-13-6-8-19-33(26)40-34(27)22-24/h1-22H. The summed E-state index contributed by atoms with van der Waals surface area (Å²) in [5.41, 5.74) is 6.67. The third-order valence-corrected chi connectivity index (χ3v) is 9.40. The lowest BCUT2D eigenvalue weighted by molar-refractivity contribution is 0.670. The van der Waals surface area contributed by atoms with E-state index in [1.165, 1.54) is 63.8 Å². The summed E-state index contributed by atoms with van der Waals surface area (Å²) in [5, 5.41) is 9.87. The molecule has 2 heteroatoms. The number of fused-ring (bicyclic) bond motifs is 8. The van der Waals surface area contributed by atoms with Crippen LogP contribution < -0.4 is 0 Å². The van der Waals surface area contributed by atoms with Crippen LogP contribution in [0.15, 0.2) is 138 Å². The maximum absolute atomic E-state index is 6.80. The number of rotatable bonds is 2. The van der Waals surface area contributed by atoms with Gasteiger partial charge in [0.1, 0.15) is 11.2 Å². The zero-order valence-corrected chi connectivity index (χ0v) is 22.3. The van der Waals surface area contributed by atoms with Crippen molar-refractivity contribution < 1.29 is 4.42 Å². The quantitative estimate of drug-likeness (QED) is 0.218. The number of hydrogen-bond donors (Lipinski definition) is 0. The Bertz CT molecular complexity index is 2430. The molecule has 0 aliphatic carbocycles. The summed E-state index contributed by atoms with van der Waals surface area (Å²) in [4.78, 5) is 0. The van der Waals surface area contributed by atoms with Crippen molar-refractivity contribution in [2.75, 3.05) is 0 Å². The fourth-order valence-corrected chi connectivity index (χ4v) is 7.68. The first-order valence-corrected chi connectivity index (χ1v) is 14.4. The predicted octanol–water partition coefficient (Wildman–Crippen LogP) is 11.6. The summed E-state index contributed by atoms with van der Waals surface area (Å²) in [6.45, 7) is 0. The van der Waals surface area contributed by atoms with Gasteiger partial charge in [0.2, 0.25) is 0 Å². The summed E-state index contributed by atoms with van der Waals surface area (Å²) in [7, 11) is 0. The zero-order chi connectivity index (χ0) is 26.2. The van der Waals surface area contributed by atoms with E-state index in [2.05, 4.69) is 133 Å². The van der Waals surface area contributed by atoms with Crippen molar-refractivity contribution in [3.8, 4) is 22.3 Å². The molecule has 186 valence electrons. The predicted molar refractivity (Wildman–Crippen MR) is 172 cm³/mol. The van der Waals surface area contributed by atoms with Crippen LogP contribution in [0.2, 0.25) is 0 Å². The molecule has 0 aliphatic rings. The Kier molecular flexibility index (Phi) is 4.55. The molecule has 0 radical (unpaired) electrons. The van der Waals surface area contributed by atoms with Gasteiger partial charge in [-0.05, 0) is 50.9 Å². The van der Waals surface area contributed by atoms with Gasteiger partial charge in [-0.25, -0.2) is 0 Å². The second kappa shape index (κ2) is 8.29. The molecule has 0 saturated heterocycles. The van der Waals surface area contributed by atoms with E-state index in [9.17, 15) is 0 Å². The second-order valence-electron chi connectivity index (χ2n) is 10.4. The molecule has 0 amide bonds. The molecule has 1 nitrogen and oxygen atoms in total. The summed E-state index contributed by atoms with van der Waals surface area (Å²) in [6.07, 6.45) is 0. The molecule has 2 heterocycles. The molecule has 9 rings (SSSR count). The molecule has 0 atom stereocenters. The van der Waals surface area contributed by atoms with E-state index in [0.29, 0.717) is 0 Å². The molecule has 2 aromatic heterocycles. The number of hydrogen-bond acceptors (Lipinski definition) is 2. The van der Waals surface area contributed by atoms with Crippen LogP contribution in [0, 0.1) is 0 Å². The van der Waals surface area contributed by atoms with Crippen LogP contribution in [0.4, 0.5) is 0 Å². The first-order valence-electron chi connectivity index (χ1n) is 13.6. The van der Waals surface area contributed by atoms with E-state index in [-0.39, 0.29) is 0 Å². The average Bonchev–Trinajstić information content (AvgIpc) is 3.58. The minimum absolute atomic E-state index is 0.915. The summed E-state index contributed by atoms with van der Waals surface area (Å²) >= 11 is 1.86. The van der Waals surface area contributed by atoms with Gasteiger partial charge in [0, 0.05) is 42.1 Å². The Morgan fingerprint density at radius 3 is 1.98 bits per heavy atom. The minimum Gasteiger partial charge on any atom is -0.455 e. The number of thiophene rings is 1. The van der Waals surface area contributed by atoms with Gasteiger partial charge in [-0.3, -0.25) is 0 Å². The molecule has 0 saturated carbocycles. The first-order chi connectivity index (χ1) is 19.8. The largest absolute Gasteiger partial charge is 0.455 e. The van der Waals surface area contributed by atoms with Crippen LogP contribution in [0.5, 0.6) is 0 Å². The molecule has 0 N–H and O–H groups in total. The molecule has 0 bridgehead atoms. The van der Waals surface area contributed by atoms with Crippen LogP contribution in [0.25, 0.3) is 85.9 Å². The lowest BCUT2D eigenvalue weighted by Gasteiger charge is -2.16. The van der Waals surface area contributed by atoms with Crippen LogP contribution in [-0.4, -0.2) is 0 Å². The van der Waals surface area contributed by atoms with Gasteiger partial charge >= 0.3 is 0 Å². The smallest absolute Gasteiger partial charge is 0.144 e. The van der Waals surface area contributed by atoms with Crippen LogP contribution >= 0.6 is 11.3 Å². The maximum Gasteiger partial charge on any atom is 0.144 e. The molecule has 0 unspecified atom stereocenters. The lowest BCUT2D eigenvalue weighted by Crippen LogP contribution is -1.90. The van der Waals surface area contributed by atoms with Gasteiger partial charge in [-0.2, -0.15) is 0 Å². The van der Waals surface area contributed by atoms with Crippen molar-refractivity contribution in [2.45, 2.75) is 0 Å². The van der Waals surface area contributed by atoms with Gasteiger partial charge in [0.25, 0.3) is 0 Å². The van der Waals surface area contributed by atoms with Crippen LogP contribution in [-0.2, 0) is 0 Å². The van der Waals surface area contributed by atoms with Crippen molar-refractivity contribution in [2.24, 2.45) is 0 Å². The summed E-state index contributed by atoms with van der Waals surface area (Å²) in [5.74, 6) is 0. The third kappa shape index (κ3) is 3.03. The monoisotopic (exact) mass is 526 g/mol. The molecule has 0 aliphatic heterocycles. The van der Waals surface area contributed by atoms with Gasteiger partial charge in [-0.15, -0.1) is 11.3 Å². The van der Waals surface area contributed by atoms with E-state index in [4.69, 9.17) is 4.42 Å². The summed E-state index contributed by atoms with van der Waals surface area (Å²) in [6, 6.07) is 48.2. The van der Waals surface area contributed by atoms with Crippen LogP contribution in [0.3, 0.4) is 0 Å². The molecule has 40 heavy (non-hydrogen) atoms. The Balaban J connectivity index is 1.48. The second-order valence-corrected chi connectivity index (χ2v) is 11.5. The Morgan fingerprint density at radius 1 is 0.450 bits per heavy atom.